The van der Waals surface area contributed by atoms with Gasteiger partial charge in [-0.25, -0.2) is 0 Å². The Morgan fingerprint density at radius 3 is 2.56 bits per heavy atom. The van der Waals surface area contributed by atoms with Crippen LogP contribution in [-0.2, 0) is 16.1 Å². The first-order chi connectivity index (χ1) is 12.0. The molecule has 0 radical (unpaired) electrons. The fourth-order valence-electron chi connectivity index (χ4n) is 2.12. The summed E-state index contributed by atoms with van der Waals surface area (Å²) in [5.74, 6) is -0.790. The van der Waals surface area contributed by atoms with E-state index in [1.165, 1.54) is 0 Å². The van der Waals surface area contributed by atoms with E-state index >= 15 is 0 Å². The van der Waals surface area contributed by atoms with E-state index in [2.05, 4.69) is 33.2 Å². The van der Waals surface area contributed by atoms with E-state index < -0.39 is 5.97 Å². The zero-order valence-corrected chi connectivity index (χ0v) is 16.6. The molecule has 1 amide bonds. The number of ether oxygens (including phenoxy) is 1. The van der Waals surface area contributed by atoms with Crippen LogP contribution in [0.5, 0.6) is 0 Å². The van der Waals surface area contributed by atoms with Gasteiger partial charge in [-0.1, -0.05) is 23.7 Å². The Labute approximate surface area is 165 Å². The molecule has 0 heterocycles. The van der Waals surface area contributed by atoms with Crippen molar-refractivity contribution >= 4 is 51.8 Å². The Balaban J connectivity index is 2.06. The smallest absolute Gasteiger partial charge is 0.325 e. The molecule has 0 aliphatic carbocycles. The molecule has 2 rings (SSSR count). The lowest BCUT2D eigenvalue weighted by Gasteiger charge is -2.13. The van der Waals surface area contributed by atoms with Crippen LogP contribution in [0.3, 0.4) is 0 Å². The number of carbonyl (C=O) groups excluding carboxylic acids is 2. The molecule has 25 heavy (non-hydrogen) atoms. The molecule has 132 valence electrons. The third-order valence-corrected chi connectivity index (χ3v) is 4.24. The number of benzene rings is 2. The Kier molecular flexibility index (Phi) is 7.52. The zero-order chi connectivity index (χ0) is 18.2. The van der Waals surface area contributed by atoms with Crippen molar-refractivity contribution in [3.05, 3.63) is 62.2 Å². The quantitative estimate of drug-likeness (QED) is 0.474. The highest BCUT2D eigenvalue weighted by Gasteiger charge is 2.13. The summed E-state index contributed by atoms with van der Waals surface area (Å²) in [6.45, 7) is 2.40. The van der Waals surface area contributed by atoms with Crippen LogP contribution in [0.4, 0.5) is 5.69 Å². The summed E-state index contributed by atoms with van der Waals surface area (Å²) in [7, 11) is 0. The van der Waals surface area contributed by atoms with Gasteiger partial charge in [-0.15, -0.1) is 0 Å². The molecular weight excluding hydrogens is 455 g/mol. The summed E-state index contributed by atoms with van der Waals surface area (Å²) in [6, 6.07) is 13.0. The number of halogens is 2. The van der Waals surface area contributed by atoms with Crippen LogP contribution in [0.15, 0.2) is 42.5 Å². The van der Waals surface area contributed by atoms with Crippen molar-refractivity contribution in [3.8, 4) is 0 Å². The van der Waals surface area contributed by atoms with Gasteiger partial charge in [-0.2, -0.15) is 0 Å². The highest BCUT2D eigenvalue weighted by atomic mass is 127. The SMILES string of the molecule is CCOC(=O)CNC(=O)c1cc(I)ccc1NCc1ccc(Cl)cc1. The maximum atomic E-state index is 12.4. The normalized spacial score (nSPS) is 10.2. The van der Waals surface area contributed by atoms with Crippen LogP contribution in [0, 0.1) is 3.57 Å². The molecule has 0 atom stereocenters. The molecule has 0 unspecified atom stereocenters. The molecule has 0 saturated carbocycles. The van der Waals surface area contributed by atoms with Crippen LogP contribution >= 0.6 is 34.2 Å². The van der Waals surface area contributed by atoms with Crippen molar-refractivity contribution < 1.29 is 14.3 Å². The van der Waals surface area contributed by atoms with Gasteiger partial charge in [0.1, 0.15) is 6.54 Å². The predicted octanol–water partition coefficient (Wildman–Crippen LogP) is 3.85. The first kappa shape index (κ1) is 19.5. The summed E-state index contributed by atoms with van der Waals surface area (Å²) in [5, 5.41) is 6.51. The first-order valence-corrected chi connectivity index (χ1v) is 9.17. The molecule has 0 fully saturated rings. The minimum Gasteiger partial charge on any atom is -0.465 e. The van der Waals surface area contributed by atoms with Gasteiger partial charge in [-0.05, 0) is 65.4 Å². The van der Waals surface area contributed by atoms with Gasteiger partial charge in [0.15, 0.2) is 0 Å². The summed E-state index contributed by atoms with van der Waals surface area (Å²) in [6.07, 6.45) is 0. The molecule has 5 nitrogen and oxygen atoms in total. The second kappa shape index (κ2) is 9.62. The number of carbonyl (C=O) groups is 2. The van der Waals surface area contributed by atoms with Crippen LogP contribution < -0.4 is 10.6 Å². The van der Waals surface area contributed by atoms with E-state index in [1.54, 1.807) is 13.0 Å². The number of rotatable bonds is 7. The Morgan fingerprint density at radius 1 is 1.16 bits per heavy atom. The van der Waals surface area contributed by atoms with Gasteiger partial charge in [-0.3, -0.25) is 9.59 Å². The molecule has 0 aliphatic rings. The Bertz CT molecular complexity index is 750. The van der Waals surface area contributed by atoms with E-state index in [4.69, 9.17) is 16.3 Å². The van der Waals surface area contributed by atoms with Crippen molar-refractivity contribution in [3.63, 3.8) is 0 Å². The zero-order valence-electron chi connectivity index (χ0n) is 13.6. The molecule has 7 heteroatoms. The largest absolute Gasteiger partial charge is 0.465 e. The van der Waals surface area contributed by atoms with E-state index in [0.717, 1.165) is 9.13 Å². The Hall–Kier alpha value is -1.80. The van der Waals surface area contributed by atoms with E-state index in [9.17, 15) is 9.59 Å². The average molecular weight is 473 g/mol. The van der Waals surface area contributed by atoms with Crippen LogP contribution in [0.2, 0.25) is 5.02 Å². The van der Waals surface area contributed by atoms with Crippen molar-refractivity contribution in [1.82, 2.24) is 5.32 Å². The van der Waals surface area contributed by atoms with Crippen molar-refractivity contribution in [1.29, 1.82) is 0 Å². The third-order valence-electron chi connectivity index (χ3n) is 3.32. The first-order valence-electron chi connectivity index (χ1n) is 7.71. The molecular formula is C18H18ClIN2O3. The maximum Gasteiger partial charge on any atom is 0.325 e. The van der Waals surface area contributed by atoms with Crippen molar-refractivity contribution in [2.24, 2.45) is 0 Å². The van der Waals surface area contributed by atoms with Crippen LogP contribution in [0.25, 0.3) is 0 Å². The molecule has 0 aliphatic heterocycles. The van der Waals surface area contributed by atoms with Gasteiger partial charge in [0.05, 0.1) is 12.2 Å². The molecule has 0 aromatic heterocycles. The average Bonchev–Trinajstić information content (AvgIpc) is 2.60. The van der Waals surface area contributed by atoms with Crippen LogP contribution in [0.1, 0.15) is 22.8 Å². The van der Waals surface area contributed by atoms with Gasteiger partial charge in [0.25, 0.3) is 5.91 Å². The van der Waals surface area contributed by atoms with Gasteiger partial charge < -0.3 is 15.4 Å². The lowest BCUT2D eigenvalue weighted by atomic mass is 10.1. The van der Waals surface area contributed by atoms with E-state index in [-0.39, 0.29) is 19.1 Å². The highest BCUT2D eigenvalue weighted by molar-refractivity contribution is 14.1. The molecule has 2 aromatic rings. The monoisotopic (exact) mass is 472 g/mol. The standard InChI is InChI=1S/C18H18ClIN2O3/c1-2-25-17(23)11-22-18(24)15-9-14(20)7-8-16(15)21-10-12-3-5-13(19)6-4-12/h3-9,21H,2,10-11H2,1H3,(H,22,24). The lowest BCUT2D eigenvalue weighted by Crippen LogP contribution is -2.31. The summed E-state index contributed by atoms with van der Waals surface area (Å²) >= 11 is 8.02. The highest BCUT2D eigenvalue weighted by Crippen LogP contribution is 2.20. The van der Waals surface area contributed by atoms with Crippen LogP contribution in [-0.4, -0.2) is 25.0 Å². The van der Waals surface area contributed by atoms with E-state index in [0.29, 0.717) is 22.8 Å². The fraction of sp³-hybridized carbons (Fsp3) is 0.222. The van der Waals surface area contributed by atoms with Gasteiger partial charge in [0, 0.05) is 20.8 Å². The second-order valence-electron chi connectivity index (χ2n) is 5.16. The number of hydrogen-bond donors (Lipinski definition) is 2. The summed E-state index contributed by atoms with van der Waals surface area (Å²) < 4.78 is 5.74. The van der Waals surface area contributed by atoms with Crippen molar-refractivity contribution in [2.45, 2.75) is 13.5 Å². The second-order valence-corrected chi connectivity index (χ2v) is 6.84. The molecule has 2 aromatic carbocycles. The number of amides is 1. The fourth-order valence-corrected chi connectivity index (χ4v) is 2.73. The Morgan fingerprint density at radius 2 is 1.88 bits per heavy atom. The topological polar surface area (TPSA) is 67.4 Å². The molecule has 0 saturated heterocycles. The molecule has 2 N–H and O–H groups in total. The van der Waals surface area contributed by atoms with Crippen molar-refractivity contribution in [2.75, 3.05) is 18.5 Å². The summed E-state index contributed by atoms with van der Waals surface area (Å²) in [4.78, 5) is 23.8. The number of hydrogen-bond acceptors (Lipinski definition) is 4. The maximum absolute atomic E-state index is 12.4. The minimum atomic E-state index is -0.461. The molecule has 0 spiro atoms. The molecule has 0 bridgehead atoms. The number of nitrogens with one attached hydrogen (secondary N) is 2. The van der Waals surface area contributed by atoms with Gasteiger partial charge >= 0.3 is 5.97 Å². The number of anilines is 1. The predicted molar refractivity (Wildman–Crippen MR) is 107 cm³/mol. The van der Waals surface area contributed by atoms with Gasteiger partial charge in [0.2, 0.25) is 0 Å². The summed E-state index contributed by atoms with van der Waals surface area (Å²) in [5.41, 5.74) is 2.21. The third kappa shape index (κ3) is 6.21. The minimum absolute atomic E-state index is 0.158. The lowest BCUT2D eigenvalue weighted by molar-refractivity contribution is -0.141. The van der Waals surface area contributed by atoms with E-state index in [1.807, 2.05) is 36.4 Å². The number of esters is 1.